The molecular formula is C25H34N4O3. The first-order chi connectivity index (χ1) is 15.7. The lowest BCUT2D eigenvalue weighted by molar-refractivity contribution is -0.123. The smallest absolute Gasteiger partial charge is 0.238 e. The lowest BCUT2D eigenvalue weighted by atomic mass is 10.0. The van der Waals surface area contributed by atoms with Crippen LogP contribution in [0.5, 0.6) is 5.75 Å². The van der Waals surface area contributed by atoms with Gasteiger partial charge in [0.2, 0.25) is 5.91 Å². The average molecular weight is 439 g/mol. The molecule has 0 spiro atoms. The van der Waals surface area contributed by atoms with E-state index < -0.39 is 0 Å². The zero-order valence-corrected chi connectivity index (χ0v) is 18.8. The number of amides is 1. The van der Waals surface area contributed by atoms with E-state index in [0.717, 1.165) is 50.3 Å². The van der Waals surface area contributed by atoms with Crippen LogP contribution in [-0.2, 0) is 16.1 Å². The van der Waals surface area contributed by atoms with Gasteiger partial charge in [0.15, 0.2) is 0 Å². The quantitative estimate of drug-likeness (QED) is 0.558. The fraction of sp³-hybridized carbons (Fsp3) is 0.480. The molecule has 0 aromatic heterocycles. The molecule has 0 saturated carbocycles. The van der Waals surface area contributed by atoms with Crippen molar-refractivity contribution >= 4 is 5.91 Å². The zero-order valence-electron chi connectivity index (χ0n) is 18.8. The van der Waals surface area contributed by atoms with Gasteiger partial charge in [0.1, 0.15) is 18.4 Å². The van der Waals surface area contributed by atoms with Crippen molar-refractivity contribution in [2.24, 2.45) is 0 Å². The Kier molecular flexibility index (Phi) is 8.12. The van der Waals surface area contributed by atoms with Crippen LogP contribution in [0, 0.1) is 0 Å². The van der Waals surface area contributed by atoms with E-state index in [9.17, 15) is 4.79 Å². The van der Waals surface area contributed by atoms with Crippen LogP contribution in [0.3, 0.4) is 0 Å². The topological polar surface area (TPSA) is 74.9 Å². The molecule has 4 rings (SSSR count). The highest BCUT2D eigenvalue weighted by atomic mass is 16.5. The number of likely N-dealkylation sites (N-methyl/N-ethyl adjacent to an activating group) is 1. The summed E-state index contributed by atoms with van der Waals surface area (Å²) in [6.45, 7) is 3.70. The molecule has 2 aliphatic rings. The first-order valence-electron chi connectivity index (χ1n) is 11.5. The molecule has 2 saturated heterocycles. The van der Waals surface area contributed by atoms with Crippen LogP contribution in [0.4, 0.5) is 0 Å². The molecule has 0 aliphatic carbocycles. The molecule has 2 aromatic rings. The molecule has 3 N–H and O–H groups in total. The average Bonchev–Trinajstić information content (AvgIpc) is 3.34. The van der Waals surface area contributed by atoms with Gasteiger partial charge in [-0.05, 0) is 49.6 Å². The maximum Gasteiger partial charge on any atom is 0.238 e. The second-order valence-corrected chi connectivity index (χ2v) is 8.58. The summed E-state index contributed by atoms with van der Waals surface area (Å²) in [7, 11) is 2.15. The van der Waals surface area contributed by atoms with E-state index in [1.54, 1.807) is 0 Å². The fourth-order valence-electron chi connectivity index (χ4n) is 4.31. The SMILES string of the molecule is CN(CCOc1cccc(CNC(=O)C2CC(c3ccccc3)NN2)c1)C1CCOCC1. The molecule has 1 amide bonds. The minimum Gasteiger partial charge on any atom is -0.492 e. The van der Waals surface area contributed by atoms with E-state index in [1.165, 1.54) is 5.56 Å². The number of hydrogen-bond donors (Lipinski definition) is 3. The van der Waals surface area contributed by atoms with E-state index >= 15 is 0 Å². The molecule has 7 heteroatoms. The molecular weight excluding hydrogens is 404 g/mol. The molecule has 2 heterocycles. The predicted molar refractivity (Wildman–Crippen MR) is 124 cm³/mol. The second kappa shape index (κ2) is 11.4. The van der Waals surface area contributed by atoms with E-state index in [-0.39, 0.29) is 18.0 Å². The lowest BCUT2D eigenvalue weighted by Crippen LogP contribution is -2.42. The van der Waals surface area contributed by atoms with Gasteiger partial charge in [-0.25, -0.2) is 10.9 Å². The number of benzene rings is 2. The standard InChI is InChI=1S/C25H34N4O3/c1-29(21-10-13-31-14-11-21)12-15-32-22-9-5-6-19(16-22)18-26-25(30)24-17-23(27-28-24)20-7-3-2-4-8-20/h2-9,16,21,23-24,27-28H,10-15,17-18H2,1H3,(H,26,30). The van der Waals surface area contributed by atoms with E-state index in [4.69, 9.17) is 9.47 Å². The Morgan fingerprint density at radius 2 is 1.94 bits per heavy atom. The minimum absolute atomic E-state index is 0.000314. The third kappa shape index (κ3) is 6.29. The molecule has 0 bridgehead atoms. The Morgan fingerprint density at radius 3 is 2.75 bits per heavy atom. The normalized spacial score (nSPS) is 21.6. The Bertz CT molecular complexity index is 857. The van der Waals surface area contributed by atoms with Crippen LogP contribution in [0.2, 0.25) is 0 Å². The van der Waals surface area contributed by atoms with Gasteiger partial charge in [-0.15, -0.1) is 0 Å². The predicted octanol–water partition coefficient (Wildman–Crippen LogP) is 2.40. The Morgan fingerprint density at radius 1 is 1.12 bits per heavy atom. The van der Waals surface area contributed by atoms with Crippen LogP contribution < -0.4 is 20.9 Å². The van der Waals surface area contributed by atoms with E-state index in [0.29, 0.717) is 19.2 Å². The summed E-state index contributed by atoms with van der Waals surface area (Å²) >= 11 is 0. The molecule has 2 atom stereocenters. The summed E-state index contributed by atoms with van der Waals surface area (Å²) in [4.78, 5) is 15.0. The molecule has 0 radical (unpaired) electrons. The maximum absolute atomic E-state index is 12.6. The van der Waals surface area contributed by atoms with Gasteiger partial charge in [0.05, 0.1) is 0 Å². The van der Waals surface area contributed by atoms with Crippen LogP contribution in [0.15, 0.2) is 54.6 Å². The van der Waals surface area contributed by atoms with Gasteiger partial charge >= 0.3 is 0 Å². The van der Waals surface area contributed by atoms with Crippen molar-refractivity contribution in [3.63, 3.8) is 0 Å². The van der Waals surface area contributed by atoms with Crippen LogP contribution in [0.1, 0.15) is 36.4 Å². The number of hydrogen-bond acceptors (Lipinski definition) is 6. The van der Waals surface area contributed by atoms with Crippen LogP contribution in [0.25, 0.3) is 0 Å². The second-order valence-electron chi connectivity index (χ2n) is 8.58. The van der Waals surface area contributed by atoms with Crippen LogP contribution >= 0.6 is 0 Å². The molecule has 2 aromatic carbocycles. The van der Waals surface area contributed by atoms with Gasteiger partial charge in [0, 0.05) is 38.4 Å². The molecule has 172 valence electrons. The molecule has 32 heavy (non-hydrogen) atoms. The van der Waals surface area contributed by atoms with Crippen molar-refractivity contribution in [1.82, 2.24) is 21.1 Å². The summed E-state index contributed by atoms with van der Waals surface area (Å²) in [6, 6.07) is 18.6. The largest absolute Gasteiger partial charge is 0.492 e. The third-order valence-corrected chi connectivity index (χ3v) is 6.31. The Labute approximate surface area is 190 Å². The number of nitrogens with zero attached hydrogens (tertiary/aromatic N) is 1. The van der Waals surface area contributed by atoms with Crippen molar-refractivity contribution in [1.29, 1.82) is 0 Å². The monoisotopic (exact) mass is 438 g/mol. The molecule has 2 aliphatic heterocycles. The first kappa shape index (κ1) is 22.7. The third-order valence-electron chi connectivity index (χ3n) is 6.31. The van der Waals surface area contributed by atoms with E-state index in [1.807, 2.05) is 42.5 Å². The fourth-order valence-corrected chi connectivity index (χ4v) is 4.31. The summed E-state index contributed by atoms with van der Waals surface area (Å²) in [5.41, 5.74) is 8.55. The van der Waals surface area contributed by atoms with Crippen molar-refractivity contribution in [3.05, 3.63) is 65.7 Å². The highest BCUT2D eigenvalue weighted by molar-refractivity contribution is 5.82. The van der Waals surface area contributed by atoms with Crippen LogP contribution in [-0.4, -0.2) is 56.3 Å². The van der Waals surface area contributed by atoms with E-state index in [2.05, 4.69) is 40.2 Å². The van der Waals surface area contributed by atoms with Crippen molar-refractivity contribution < 1.29 is 14.3 Å². The first-order valence-corrected chi connectivity index (χ1v) is 11.5. The number of nitrogens with one attached hydrogen (secondary N) is 3. The van der Waals surface area contributed by atoms with Crippen molar-refractivity contribution in [2.45, 2.75) is 43.9 Å². The van der Waals surface area contributed by atoms with Gasteiger partial charge in [-0.1, -0.05) is 42.5 Å². The van der Waals surface area contributed by atoms with Gasteiger partial charge in [-0.3, -0.25) is 9.69 Å². The summed E-state index contributed by atoms with van der Waals surface area (Å²) in [5, 5.41) is 3.04. The lowest BCUT2D eigenvalue weighted by Gasteiger charge is -2.31. The summed E-state index contributed by atoms with van der Waals surface area (Å²) < 4.78 is 11.4. The number of hydrazine groups is 1. The molecule has 7 nitrogen and oxygen atoms in total. The van der Waals surface area contributed by atoms with Crippen molar-refractivity contribution in [2.75, 3.05) is 33.4 Å². The van der Waals surface area contributed by atoms with Gasteiger partial charge in [0.25, 0.3) is 0 Å². The highest BCUT2D eigenvalue weighted by Crippen LogP contribution is 2.22. The highest BCUT2D eigenvalue weighted by Gasteiger charge is 2.29. The van der Waals surface area contributed by atoms with Crippen molar-refractivity contribution in [3.8, 4) is 5.75 Å². The van der Waals surface area contributed by atoms with Gasteiger partial charge < -0.3 is 14.8 Å². The zero-order chi connectivity index (χ0) is 22.2. The van der Waals surface area contributed by atoms with Gasteiger partial charge in [-0.2, -0.15) is 0 Å². The summed E-state index contributed by atoms with van der Waals surface area (Å²) in [5.74, 6) is 0.835. The number of carbonyl (C=O) groups excluding carboxylic acids is 1. The minimum atomic E-state index is -0.250. The number of ether oxygens (including phenoxy) is 2. The number of carbonyl (C=O) groups is 1. The maximum atomic E-state index is 12.6. The summed E-state index contributed by atoms with van der Waals surface area (Å²) in [6.07, 6.45) is 2.89. The molecule has 2 unspecified atom stereocenters. The Hall–Kier alpha value is -2.45. The Balaban J connectivity index is 1.19. The molecule has 2 fully saturated rings. The number of rotatable bonds is 9.